The minimum absolute atomic E-state index is 0.318. The third-order valence-corrected chi connectivity index (χ3v) is 3.29. The molecule has 2 N–H and O–H groups in total. The largest absolute Gasteiger partial charge is 0.497 e. The van der Waals surface area contributed by atoms with Crippen molar-refractivity contribution in [3.05, 3.63) is 65.2 Å². The third kappa shape index (κ3) is 4.38. The van der Waals surface area contributed by atoms with E-state index < -0.39 is 5.97 Å². The Kier molecular flexibility index (Phi) is 5.20. The number of carboxylic acids is 1. The second-order valence-electron chi connectivity index (χ2n) is 4.96. The Balaban J connectivity index is 1.96. The van der Waals surface area contributed by atoms with E-state index in [9.17, 15) is 4.79 Å². The molecule has 0 fully saturated rings. The number of carboxylic acid groups (broad SMARTS) is 1. The SMILES string of the molecule is COc1ccc(CNc2ccc(/C=C(\C)C(=O)O)cc2)cc1. The summed E-state index contributed by atoms with van der Waals surface area (Å²) in [5, 5.41) is 12.2. The molecule has 2 aromatic rings. The molecule has 0 aliphatic rings. The highest BCUT2D eigenvalue weighted by Crippen LogP contribution is 2.15. The van der Waals surface area contributed by atoms with Crippen LogP contribution in [0.5, 0.6) is 5.75 Å². The van der Waals surface area contributed by atoms with Gasteiger partial charge in [-0.15, -0.1) is 0 Å². The summed E-state index contributed by atoms with van der Waals surface area (Å²) in [6.07, 6.45) is 1.65. The summed E-state index contributed by atoms with van der Waals surface area (Å²) in [4.78, 5) is 10.8. The minimum Gasteiger partial charge on any atom is -0.497 e. The number of anilines is 1. The van der Waals surface area contributed by atoms with Gasteiger partial charge in [0, 0.05) is 17.8 Å². The van der Waals surface area contributed by atoms with E-state index in [0.29, 0.717) is 12.1 Å². The molecule has 4 nitrogen and oxygen atoms in total. The molecule has 0 saturated carbocycles. The van der Waals surface area contributed by atoms with Crippen molar-refractivity contribution >= 4 is 17.7 Å². The first-order valence-corrected chi connectivity index (χ1v) is 6.97. The van der Waals surface area contributed by atoms with Crippen LogP contribution in [0.3, 0.4) is 0 Å². The van der Waals surface area contributed by atoms with Crippen molar-refractivity contribution in [1.82, 2.24) is 0 Å². The van der Waals surface area contributed by atoms with Crippen LogP contribution >= 0.6 is 0 Å². The molecule has 0 aliphatic heterocycles. The first-order valence-electron chi connectivity index (χ1n) is 6.97. The van der Waals surface area contributed by atoms with Gasteiger partial charge in [-0.25, -0.2) is 4.79 Å². The number of benzene rings is 2. The Hall–Kier alpha value is -2.75. The van der Waals surface area contributed by atoms with Crippen molar-refractivity contribution in [2.75, 3.05) is 12.4 Å². The molecule has 0 unspecified atom stereocenters. The number of aliphatic carboxylic acids is 1. The van der Waals surface area contributed by atoms with Gasteiger partial charge in [-0.05, 0) is 48.4 Å². The highest BCUT2D eigenvalue weighted by atomic mass is 16.5. The fourth-order valence-electron chi connectivity index (χ4n) is 1.96. The molecule has 114 valence electrons. The Bertz CT molecular complexity index is 658. The van der Waals surface area contributed by atoms with Gasteiger partial charge in [0.1, 0.15) is 5.75 Å². The molecule has 4 heteroatoms. The first-order chi connectivity index (χ1) is 10.6. The second-order valence-corrected chi connectivity index (χ2v) is 4.96. The lowest BCUT2D eigenvalue weighted by Gasteiger charge is -2.08. The van der Waals surface area contributed by atoms with Crippen LogP contribution in [-0.4, -0.2) is 18.2 Å². The van der Waals surface area contributed by atoms with Crippen molar-refractivity contribution in [3.63, 3.8) is 0 Å². The zero-order valence-corrected chi connectivity index (χ0v) is 12.7. The lowest BCUT2D eigenvalue weighted by Crippen LogP contribution is -1.99. The maximum Gasteiger partial charge on any atom is 0.331 e. The van der Waals surface area contributed by atoms with Gasteiger partial charge in [-0.2, -0.15) is 0 Å². The quantitative estimate of drug-likeness (QED) is 0.796. The fraction of sp³-hybridized carbons (Fsp3) is 0.167. The lowest BCUT2D eigenvalue weighted by molar-refractivity contribution is -0.132. The average molecular weight is 297 g/mol. The van der Waals surface area contributed by atoms with Gasteiger partial charge in [0.25, 0.3) is 0 Å². The molecule has 0 aliphatic carbocycles. The molecule has 22 heavy (non-hydrogen) atoms. The molecule has 0 radical (unpaired) electrons. The number of hydrogen-bond donors (Lipinski definition) is 2. The number of hydrogen-bond acceptors (Lipinski definition) is 3. The van der Waals surface area contributed by atoms with Gasteiger partial charge < -0.3 is 15.2 Å². The van der Waals surface area contributed by atoms with Crippen LogP contribution in [0.4, 0.5) is 5.69 Å². The summed E-state index contributed by atoms with van der Waals surface area (Å²) >= 11 is 0. The van der Waals surface area contributed by atoms with Gasteiger partial charge in [0.2, 0.25) is 0 Å². The molecular formula is C18H19NO3. The van der Waals surface area contributed by atoms with E-state index >= 15 is 0 Å². The van der Waals surface area contributed by atoms with Gasteiger partial charge in [-0.3, -0.25) is 0 Å². The molecule has 0 amide bonds. The van der Waals surface area contributed by atoms with Crippen LogP contribution in [0, 0.1) is 0 Å². The van der Waals surface area contributed by atoms with Crippen molar-refractivity contribution in [3.8, 4) is 5.75 Å². The fourth-order valence-corrected chi connectivity index (χ4v) is 1.96. The number of nitrogens with one attached hydrogen (secondary N) is 1. The molecule has 2 rings (SSSR count). The van der Waals surface area contributed by atoms with Crippen LogP contribution in [0.1, 0.15) is 18.1 Å². The average Bonchev–Trinajstić information content (AvgIpc) is 2.54. The van der Waals surface area contributed by atoms with Crippen LogP contribution in [0.25, 0.3) is 6.08 Å². The highest BCUT2D eigenvalue weighted by molar-refractivity contribution is 5.91. The Labute approximate surface area is 130 Å². The van der Waals surface area contributed by atoms with E-state index in [1.54, 1.807) is 20.1 Å². The molecular weight excluding hydrogens is 278 g/mol. The summed E-state index contributed by atoms with van der Waals surface area (Å²) in [5.74, 6) is -0.0598. The van der Waals surface area contributed by atoms with Gasteiger partial charge in [0.05, 0.1) is 7.11 Å². The van der Waals surface area contributed by atoms with Gasteiger partial charge >= 0.3 is 5.97 Å². The highest BCUT2D eigenvalue weighted by Gasteiger charge is 2.00. The molecule has 0 saturated heterocycles. The van der Waals surface area contributed by atoms with Crippen molar-refractivity contribution in [1.29, 1.82) is 0 Å². The van der Waals surface area contributed by atoms with Crippen LogP contribution in [0.2, 0.25) is 0 Å². The number of carbonyl (C=O) groups is 1. The number of ether oxygens (including phenoxy) is 1. The minimum atomic E-state index is -0.901. The molecule has 0 spiro atoms. The number of methoxy groups -OCH3 is 1. The summed E-state index contributed by atoms with van der Waals surface area (Å²) in [6.45, 7) is 2.30. The summed E-state index contributed by atoms with van der Waals surface area (Å²) in [7, 11) is 1.65. The van der Waals surface area contributed by atoms with E-state index in [1.807, 2.05) is 48.5 Å². The zero-order valence-electron chi connectivity index (χ0n) is 12.7. The second kappa shape index (κ2) is 7.31. The Morgan fingerprint density at radius 2 is 1.77 bits per heavy atom. The first kappa shape index (κ1) is 15.6. The predicted molar refractivity (Wildman–Crippen MR) is 88.0 cm³/mol. The monoisotopic (exact) mass is 297 g/mol. The van der Waals surface area contributed by atoms with Gasteiger partial charge in [-0.1, -0.05) is 24.3 Å². The molecule has 0 atom stereocenters. The molecule has 0 aromatic heterocycles. The van der Waals surface area contributed by atoms with E-state index in [4.69, 9.17) is 9.84 Å². The van der Waals surface area contributed by atoms with Crippen molar-refractivity contribution in [2.24, 2.45) is 0 Å². The summed E-state index contributed by atoms with van der Waals surface area (Å²) < 4.78 is 5.13. The van der Waals surface area contributed by atoms with E-state index in [1.165, 1.54) is 0 Å². The maximum atomic E-state index is 10.8. The van der Waals surface area contributed by atoms with Gasteiger partial charge in [0.15, 0.2) is 0 Å². The molecule has 2 aromatic carbocycles. The Morgan fingerprint density at radius 3 is 2.32 bits per heavy atom. The maximum absolute atomic E-state index is 10.8. The van der Waals surface area contributed by atoms with E-state index in [0.717, 1.165) is 22.6 Å². The topological polar surface area (TPSA) is 58.6 Å². The van der Waals surface area contributed by atoms with Crippen LogP contribution in [0.15, 0.2) is 54.1 Å². The van der Waals surface area contributed by atoms with Crippen molar-refractivity contribution < 1.29 is 14.6 Å². The third-order valence-electron chi connectivity index (χ3n) is 3.29. The summed E-state index contributed by atoms with van der Waals surface area (Å²) in [6, 6.07) is 15.5. The van der Waals surface area contributed by atoms with Crippen LogP contribution in [-0.2, 0) is 11.3 Å². The lowest BCUT2D eigenvalue weighted by atomic mass is 10.1. The normalized spacial score (nSPS) is 11.1. The van der Waals surface area contributed by atoms with E-state index in [2.05, 4.69) is 5.32 Å². The molecule has 0 bridgehead atoms. The zero-order chi connectivity index (χ0) is 15.9. The number of rotatable bonds is 6. The van der Waals surface area contributed by atoms with Crippen LogP contribution < -0.4 is 10.1 Å². The van der Waals surface area contributed by atoms with Crippen molar-refractivity contribution in [2.45, 2.75) is 13.5 Å². The molecule has 0 heterocycles. The Morgan fingerprint density at radius 1 is 1.14 bits per heavy atom. The van der Waals surface area contributed by atoms with E-state index in [-0.39, 0.29) is 0 Å². The summed E-state index contributed by atoms with van der Waals surface area (Å²) in [5.41, 5.74) is 3.33. The smallest absolute Gasteiger partial charge is 0.331 e. The standard InChI is InChI=1S/C18H19NO3/c1-13(18(20)21)11-14-3-7-16(8-4-14)19-12-15-5-9-17(22-2)10-6-15/h3-11,19H,12H2,1-2H3,(H,20,21)/b13-11+. The predicted octanol–water partition coefficient (Wildman–Crippen LogP) is 3.80.